The first kappa shape index (κ1) is 16.4. The summed E-state index contributed by atoms with van der Waals surface area (Å²) in [5, 5.41) is 12.1. The van der Waals surface area contributed by atoms with Crippen LogP contribution in [-0.4, -0.2) is 45.4 Å². The lowest BCUT2D eigenvalue weighted by Gasteiger charge is -2.32. The molecule has 0 spiro atoms. The first-order valence-electron chi connectivity index (χ1n) is 8.41. The standard InChI is InChI=1S/C17H23N5O2/c1-13(2)24-16(23)11-14-7-6-10-21(12-14)17-18-19-20-22(17)15-8-4-3-5-9-15/h3-5,8-9,13-14H,6-7,10-12H2,1-2H3/t14-/m0/s1. The largest absolute Gasteiger partial charge is 0.463 e. The maximum absolute atomic E-state index is 11.9. The summed E-state index contributed by atoms with van der Waals surface area (Å²) in [4.78, 5) is 14.1. The van der Waals surface area contributed by atoms with Crippen molar-refractivity contribution in [3.63, 3.8) is 0 Å². The number of carbonyl (C=O) groups excluding carboxylic acids is 1. The van der Waals surface area contributed by atoms with E-state index in [1.54, 1.807) is 4.68 Å². The summed E-state index contributed by atoms with van der Waals surface area (Å²) in [6, 6.07) is 9.83. The Hall–Kier alpha value is -2.44. The SMILES string of the molecule is CC(C)OC(=O)C[C@@H]1CCCN(c2nnnn2-c2ccccc2)C1. The monoisotopic (exact) mass is 329 g/mol. The summed E-state index contributed by atoms with van der Waals surface area (Å²) in [6.07, 6.45) is 2.42. The Balaban J connectivity index is 1.70. The molecule has 0 radical (unpaired) electrons. The van der Waals surface area contributed by atoms with Crippen molar-refractivity contribution >= 4 is 11.9 Å². The van der Waals surface area contributed by atoms with Gasteiger partial charge in [-0.1, -0.05) is 23.3 Å². The smallest absolute Gasteiger partial charge is 0.306 e. The van der Waals surface area contributed by atoms with Gasteiger partial charge in [0.15, 0.2) is 0 Å². The van der Waals surface area contributed by atoms with E-state index >= 15 is 0 Å². The molecule has 1 aromatic carbocycles. The summed E-state index contributed by atoms with van der Waals surface area (Å²) < 4.78 is 7.01. The molecular formula is C17H23N5O2. The number of carbonyl (C=O) groups is 1. The van der Waals surface area contributed by atoms with Crippen molar-refractivity contribution in [2.45, 2.75) is 39.2 Å². The van der Waals surface area contributed by atoms with Crippen molar-refractivity contribution in [3.05, 3.63) is 30.3 Å². The van der Waals surface area contributed by atoms with E-state index in [1.165, 1.54) is 0 Å². The third kappa shape index (κ3) is 3.90. The second kappa shape index (κ2) is 7.42. The molecule has 3 rings (SSSR count). The van der Waals surface area contributed by atoms with Crippen molar-refractivity contribution in [2.24, 2.45) is 5.92 Å². The van der Waals surface area contributed by atoms with Crippen molar-refractivity contribution < 1.29 is 9.53 Å². The molecule has 1 aromatic heterocycles. The second-order valence-corrected chi connectivity index (χ2v) is 6.42. The van der Waals surface area contributed by atoms with Gasteiger partial charge in [-0.15, -0.1) is 0 Å². The number of benzene rings is 1. The molecule has 2 heterocycles. The summed E-state index contributed by atoms with van der Waals surface area (Å²) in [5.74, 6) is 0.869. The first-order chi connectivity index (χ1) is 11.6. The Morgan fingerprint density at radius 1 is 1.33 bits per heavy atom. The molecule has 24 heavy (non-hydrogen) atoms. The van der Waals surface area contributed by atoms with E-state index in [4.69, 9.17) is 4.74 Å². The topological polar surface area (TPSA) is 73.1 Å². The van der Waals surface area contributed by atoms with Crippen molar-refractivity contribution in [1.82, 2.24) is 20.2 Å². The third-order valence-electron chi connectivity index (χ3n) is 4.08. The summed E-state index contributed by atoms with van der Waals surface area (Å²) in [5.41, 5.74) is 0.929. The molecule has 0 amide bonds. The van der Waals surface area contributed by atoms with Gasteiger partial charge < -0.3 is 9.64 Å². The zero-order chi connectivity index (χ0) is 16.9. The highest BCUT2D eigenvalue weighted by Crippen LogP contribution is 2.25. The lowest BCUT2D eigenvalue weighted by molar-refractivity contribution is -0.148. The Labute approximate surface area is 141 Å². The molecule has 0 N–H and O–H groups in total. The van der Waals surface area contributed by atoms with Crippen molar-refractivity contribution in [1.29, 1.82) is 0 Å². The fourth-order valence-electron chi connectivity index (χ4n) is 3.08. The molecule has 1 saturated heterocycles. The first-order valence-corrected chi connectivity index (χ1v) is 8.41. The molecule has 1 aliphatic rings. The van der Waals surface area contributed by atoms with Crippen molar-refractivity contribution in [2.75, 3.05) is 18.0 Å². The molecule has 0 unspecified atom stereocenters. The van der Waals surface area contributed by atoms with Gasteiger partial charge in [-0.25, -0.2) is 0 Å². The average Bonchev–Trinajstić information content (AvgIpc) is 3.04. The number of hydrogen-bond acceptors (Lipinski definition) is 6. The molecule has 0 saturated carbocycles. The van der Waals surface area contributed by atoms with Gasteiger partial charge >= 0.3 is 5.97 Å². The van der Waals surface area contributed by atoms with E-state index in [0.29, 0.717) is 6.42 Å². The zero-order valence-electron chi connectivity index (χ0n) is 14.1. The van der Waals surface area contributed by atoms with Gasteiger partial charge in [0.2, 0.25) is 5.95 Å². The molecule has 1 aliphatic heterocycles. The van der Waals surface area contributed by atoms with E-state index in [2.05, 4.69) is 20.4 Å². The Bertz CT molecular complexity index is 671. The molecule has 1 atom stereocenters. The molecule has 2 aromatic rings. The van der Waals surface area contributed by atoms with E-state index in [0.717, 1.165) is 37.6 Å². The fraction of sp³-hybridized carbons (Fsp3) is 0.529. The van der Waals surface area contributed by atoms with E-state index in [9.17, 15) is 4.79 Å². The van der Waals surface area contributed by atoms with Gasteiger partial charge in [0, 0.05) is 13.1 Å². The van der Waals surface area contributed by atoms with Crippen LogP contribution in [0.4, 0.5) is 5.95 Å². The molecule has 0 aliphatic carbocycles. The molecule has 7 nitrogen and oxygen atoms in total. The van der Waals surface area contributed by atoms with Crippen molar-refractivity contribution in [3.8, 4) is 5.69 Å². The molecule has 0 bridgehead atoms. The minimum Gasteiger partial charge on any atom is -0.463 e. The third-order valence-corrected chi connectivity index (χ3v) is 4.08. The average molecular weight is 329 g/mol. The van der Waals surface area contributed by atoms with Gasteiger partial charge in [0.05, 0.1) is 18.2 Å². The number of hydrogen-bond donors (Lipinski definition) is 0. The number of piperidine rings is 1. The van der Waals surface area contributed by atoms with Gasteiger partial charge in [-0.2, -0.15) is 4.68 Å². The van der Waals surface area contributed by atoms with Gasteiger partial charge in [-0.05, 0) is 55.2 Å². The number of rotatable bonds is 5. The number of nitrogens with zero attached hydrogens (tertiary/aromatic N) is 5. The van der Waals surface area contributed by atoms with Crippen LogP contribution in [0.2, 0.25) is 0 Å². The van der Waals surface area contributed by atoms with Crippen LogP contribution in [0.25, 0.3) is 5.69 Å². The number of anilines is 1. The van der Waals surface area contributed by atoms with Crippen LogP contribution in [0.5, 0.6) is 0 Å². The summed E-state index contributed by atoms with van der Waals surface area (Å²) in [6.45, 7) is 5.40. The quantitative estimate of drug-likeness (QED) is 0.783. The van der Waals surface area contributed by atoms with E-state index < -0.39 is 0 Å². The highest BCUT2D eigenvalue weighted by atomic mass is 16.5. The maximum Gasteiger partial charge on any atom is 0.306 e. The van der Waals surface area contributed by atoms with E-state index in [-0.39, 0.29) is 18.0 Å². The number of aromatic nitrogens is 4. The maximum atomic E-state index is 11.9. The predicted octanol–water partition coefficient (Wildman–Crippen LogP) is 2.22. The van der Waals surface area contributed by atoms with Crippen LogP contribution in [0, 0.1) is 5.92 Å². The van der Waals surface area contributed by atoms with Gasteiger partial charge in [0.25, 0.3) is 0 Å². The normalized spacial score (nSPS) is 18.0. The summed E-state index contributed by atoms with van der Waals surface area (Å²) in [7, 11) is 0. The van der Waals surface area contributed by atoms with Crippen LogP contribution < -0.4 is 4.90 Å². The van der Waals surface area contributed by atoms with Gasteiger partial charge in [-0.3, -0.25) is 4.79 Å². The van der Waals surface area contributed by atoms with Crippen LogP contribution in [-0.2, 0) is 9.53 Å². The minimum absolute atomic E-state index is 0.0671. The zero-order valence-corrected chi connectivity index (χ0v) is 14.1. The Morgan fingerprint density at radius 3 is 2.88 bits per heavy atom. The highest BCUT2D eigenvalue weighted by molar-refractivity contribution is 5.70. The Kier molecular flexibility index (Phi) is 5.08. The predicted molar refractivity (Wildman–Crippen MR) is 89.9 cm³/mol. The Morgan fingerprint density at radius 2 is 2.12 bits per heavy atom. The number of esters is 1. The summed E-state index contributed by atoms with van der Waals surface area (Å²) >= 11 is 0. The van der Waals surface area contributed by atoms with Crippen LogP contribution in [0.1, 0.15) is 33.1 Å². The van der Waals surface area contributed by atoms with Crippen LogP contribution in [0.3, 0.4) is 0 Å². The molecule has 7 heteroatoms. The van der Waals surface area contributed by atoms with Crippen LogP contribution >= 0.6 is 0 Å². The fourth-order valence-corrected chi connectivity index (χ4v) is 3.08. The second-order valence-electron chi connectivity index (χ2n) is 6.42. The lowest BCUT2D eigenvalue weighted by atomic mass is 9.95. The minimum atomic E-state index is -0.125. The number of tetrazole rings is 1. The molecule has 1 fully saturated rings. The highest BCUT2D eigenvalue weighted by Gasteiger charge is 2.26. The van der Waals surface area contributed by atoms with Crippen LogP contribution in [0.15, 0.2) is 30.3 Å². The number of ether oxygens (including phenoxy) is 1. The lowest BCUT2D eigenvalue weighted by Crippen LogP contribution is -2.38. The molecular weight excluding hydrogens is 306 g/mol. The molecule has 128 valence electrons. The van der Waals surface area contributed by atoms with E-state index in [1.807, 2.05) is 44.2 Å². The number of para-hydroxylation sites is 1. The van der Waals surface area contributed by atoms with Gasteiger partial charge in [0.1, 0.15) is 0 Å².